The van der Waals surface area contributed by atoms with E-state index >= 15 is 0 Å². The van der Waals surface area contributed by atoms with Gasteiger partial charge >= 0.3 is 0 Å². The number of carbonyl (C=O) groups is 2. The van der Waals surface area contributed by atoms with Crippen LogP contribution in [0.25, 0.3) is 0 Å². The molecular weight excluding hydrogens is 725 g/mol. The summed E-state index contributed by atoms with van der Waals surface area (Å²) in [5, 5.41) is 6.49. The van der Waals surface area contributed by atoms with Crippen molar-refractivity contribution < 1.29 is 19.3 Å². The molecule has 10 nitrogen and oxygen atoms in total. The molecule has 58 heavy (non-hydrogen) atoms. The van der Waals surface area contributed by atoms with E-state index in [9.17, 15) is 9.59 Å². The summed E-state index contributed by atoms with van der Waals surface area (Å²) in [5.41, 5.74) is 12.4. The smallest absolute Gasteiger partial charge is 0.251 e. The fraction of sp³-hybridized carbons (Fsp3) is 0.958. The van der Waals surface area contributed by atoms with Crippen molar-refractivity contribution in [3.8, 4) is 0 Å². The second-order valence-electron chi connectivity index (χ2n) is 21.7. The third kappa shape index (κ3) is 16.5. The molecule has 0 aromatic carbocycles. The van der Waals surface area contributed by atoms with Gasteiger partial charge in [0, 0.05) is 48.1 Å². The summed E-state index contributed by atoms with van der Waals surface area (Å²) >= 11 is 0. The van der Waals surface area contributed by atoms with E-state index in [4.69, 9.17) is 15.4 Å². The minimum atomic E-state index is -0.215. The van der Waals surface area contributed by atoms with E-state index in [1.807, 2.05) is 0 Å². The molecule has 0 radical (unpaired) electrons. The average molecular weight is 817 g/mol. The molecule has 0 bridgehead atoms. The number of primary amides is 1. The first kappa shape index (κ1) is 49.4. The van der Waals surface area contributed by atoms with E-state index in [0.29, 0.717) is 36.9 Å². The summed E-state index contributed by atoms with van der Waals surface area (Å²) in [6.07, 6.45) is 31.9. The summed E-state index contributed by atoms with van der Waals surface area (Å²) < 4.78 is 0. The molecule has 0 atom stereocenters. The normalized spacial score (nSPS) is 23.6. The van der Waals surface area contributed by atoms with Gasteiger partial charge in [-0.05, 0) is 144 Å². The van der Waals surface area contributed by atoms with Crippen LogP contribution in [0.2, 0.25) is 0 Å². The summed E-state index contributed by atoms with van der Waals surface area (Å²) in [4.78, 5) is 38.0. The van der Waals surface area contributed by atoms with Crippen LogP contribution < -0.4 is 16.6 Å². The van der Waals surface area contributed by atoms with Crippen LogP contribution >= 0.6 is 0 Å². The number of carbonyl (C=O) groups excluding carboxylic acids is 2. The van der Waals surface area contributed by atoms with Gasteiger partial charge in [0.25, 0.3) is 5.91 Å². The number of hydrogen-bond donors (Lipinski definition) is 3. The Hall–Kier alpha value is -1.30. The third-order valence-corrected chi connectivity index (χ3v) is 13.9. The molecule has 2 saturated carbocycles. The highest BCUT2D eigenvalue weighted by Gasteiger charge is 2.48. The molecular formula is C48H92N6O4. The van der Waals surface area contributed by atoms with Crippen LogP contribution in [-0.4, -0.2) is 74.5 Å². The fourth-order valence-corrected chi connectivity index (χ4v) is 11.7. The first-order chi connectivity index (χ1) is 27.5. The number of hydrazine groups is 2. The molecule has 2 aliphatic carbocycles. The van der Waals surface area contributed by atoms with E-state index in [2.05, 4.69) is 76.4 Å². The van der Waals surface area contributed by atoms with Gasteiger partial charge in [-0.15, -0.1) is 0 Å². The Morgan fingerprint density at radius 1 is 0.534 bits per heavy atom. The highest BCUT2D eigenvalue weighted by atomic mass is 16.7. The topological polar surface area (TPSA) is 112 Å². The maximum Gasteiger partial charge on any atom is 0.251 e. The summed E-state index contributed by atoms with van der Waals surface area (Å²) in [6.45, 7) is 20.6. The number of nitrogens with two attached hydrogens (primary N) is 1. The molecule has 0 aromatic heterocycles. The van der Waals surface area contributed by atoms with Crippen LogP contribution in [0.15, 0.2) is 0 Å². The number of piperidine rings is 2. The van der Waals surface area contributed by atoms with Crippen molar-refractivity contribution in [2.45, 2.75) is 270 Å². The minimum absolute atomic E-state index is 0.0193. The quantitative estimate of drug-likeness (QED) is 0.0617. The molecule has 4 rings (SSSR count). The van der Waals surface area contributed by atoms with Crippen LogP contribution in [0.5, 0.6) is 0 Å². The number of unbranched alkanes of at least 4 members (excludes halogenated alkanes) is 7. The van der Waals surface area contributed by atoms with Gasteiger partial charge < -0.3 is 5.73 Å². The second kappa shape index (κ2) is 23.8. The Morgan fingerprint density at radius 3 is 1.28 bits per heavy atom. The number of rotatable bonds is 25. The maximum atomic E-state index is 13.5. The second-order valence-corrected chi connectivity index (χ2v) is 21.7. The minimum Gasteiger partial charge on any atom is -0.370 e. The van der Waals surface area contributed by atoms with Crippen LogP contribution in [0, 0.1) is 11.8 Å². The van der Waals surface area contributed by atoms with Crippen LogP contribution in [-0.2, 0) is 19.3 Å². The van der Waals surface area contributed by atoms with Gasteiger partial charge in [-0.1, -0.05) is 89.9 Å². The van der Waals surface area contributed by atoms with Crippen LogP contribution in [0.4, 0.5) is 0 Å². The van der Waals surface area contributed by atoms with Crippen molar-refractivity contribution in [3.63, 3.8) is 0 Å². The number of hydroxylamine groups is 4. The Balaban J connectivity index is 1.20. The van der Waals surface area contributed by atoms with Gasteiger partial charge in [-0.3, -0.25) is 19.3 Å². The van der Waals surface area contributed by atoms with Crippen molar-refractivity contribution in [2.24, 2.45) is 17.6 Å². The molecule has 4 N–H and O–H groups in total. The molecule has 2 heterocycles. The Labute approximate surface area is 356 Å². The van der Waals surface area contributed by atoms with Crippen molar-refractivity contribution in [2.75, 3.05) is 13.1 Å². The molecule has 4 fully saturated rings. The SMILES string of the molecule is CC1(C)CC(CCCCNN(NCCCCC2CC(C)(C)N(OC3CCCCC3)C(C)(C)C2)C(=O)CCCCCCCCC(N)=O)CC(C)(C)N1OC1CCCCC1. The molecule has 4 aliphatic rings. The Bertz CT molecular complexity index is 1090. The molecule has 2 amide bonds. The number of hydrogen-bond acceptors (Lipinski definition) is 8. The molecule has 338 valence electrons. The number of nitrogens with one attached hydrogen (secondary N) is 2. The predicted molar refractivity (Wildman–Crippen MR) is 238 cm³/mol. The van der Waals surface area contributed by atoms with Gasteiger partial charge in [0.05, 0.1) is 12.2 Å². The zero-order chi connectivity index (χ0) is 42.2. The van der Waals surface area contributed by atoms with Gasteiger partial charge in [-0.2, -0.15) is 10.1 Å². The molecule has 2 saturated heterocycles. The summed E-state index contributed by atoms with van der Waals surface area (Å²) in [6, 6.07) is 0. The first-order valence-electron chi connectivity index (χ1n) is 24.5. The maximum absolute atomic E-state index is 13.5. The standard InChI is InChI=1S/C48H92N6O4/c1-45(2)35-39(36-46(3,4)53(45)57-41-27-15-13-16-28-41)25-21-23-33-50-52(44(56)32-20-12-10-9-11-19-31-43(49)55)51-34-24-22-26-40-37-47(5,6)54(48(7,8)38-40)58-42-29-17-14-18-30-42/h39-42,50-51H,9-38H2,1-8H3,(H2,49,55). The van der Waals surface area contributed by atoms with E-state index in [-0.39, 0.29) is 34.0 Å². The lowest BCUT2D eigenvalue weighted by atomic mass is 9.73. The largest absolute Gasteiger partial charge is 0.370 e. The van der Waals surface area contributed by atoms with Crippen molar-refractivity contribution in [1.29, 1.82) is 0 Å². The summed E-state index contributed by atoms with van der Waals surface area (Å²) in [7, 11) is 0. The number of amides is 2. The highest BCUT2D eigenvalue weighted by molar-refractivity contribution is 5.75. The van der Waals surface area contributed by atoms with Crippen molar-refractivity contribution in [1.82, 2.24) is 26.1 Å². The number of nitrogens with zero attached hydrogens (tertiary/aromatic N) is 3. The molecule has 0 unspecified atom stereocenters. The lowest BCUT2D eigenvalue weighted by Gasteiger charge is -2.55. The lowest BCUT2D eigenvalue weighted by Crippen LogP contribution is -2.61. The first-order valence-corrected chi connectivity index (χ1v) is 24.5. The molecule has 10 heteroatoms. The van der Waals surface area contributed by atoms with E-state index in [1.165, 1.54) is 77.0 Å². The van der Waals surface area contributed by atoms with Crippen molar-refractivity contribution in [3.05, 3.63) is 0 Å². The van der Waals surface area contributed by atoms with E-state index < -0.39 is 0 Å². The lowest BCUT2D eigenvalue weighted by molar-refractivity contribution is -0.314. The van der Waals surface area contributed by atoms with E-state index in [1.54, 1.807) is 5.12 Å². The van der Waals surface area contributed by atoms with Crippen LogP contribution in [0.1, 0.15) is 235 Å². The Kier molecular flexibility index (Phi) is 20.2. The summed E-state index contributed by atoms with van der Waals surface area (Å²) in [5.74, 6) is 1.27. The Morgan fingerprint density at radius 2 is 0.897 bits per heavy atom. The highest BCUT2D eigenvalue weighted by Crippen LogP contribution is 2.46. The monoisotopic (exact) mass is 817 g/mol. The van der Waals surface area contributed by atoms with E-state index in [0.717, 1.165) is 103 Å². The van der Waals surface area contributed by atoms with Crippen LogP contribution in [0.3, 0.4) is 0 Å². The zero-order valence-electron chi connectivity index (χ0n) is 39.1. The van der Waals surface area contributed by atoms with Gasteiger partial charge in [0.2, 0.25) is 5.91 Å². The van der Waals surface area contributed by atoms with Gasteiger partial charge in [-0.25, -0.2) is 16.0 Å². The van der Waals surface area contributed by atoms with Crippen molar-refractivity contribution >= 4 is 11.8 Å². The fourth-order valence-electron chi connectivity index (χ4n) is 11.7. The molecule has 2 aliphatic heterocycles. The third-order valence-electron chi connectivity index (χ3n) is 13.9. The predicted octanol–water partition coefficient (Wildman–Crippen LogP) is 10.8. The van der Waals surface area contributed by atoms with Gasteiger partial charge in [0.15, 0.2) is 0 Å². The average Bonchev–Trinajstić information content (AvgIpc) is 3.14. The molecule has 0 aromatic rings. The molecule has 0 spiro atoms. The zero-order valence-corrected chi connectivity index (χ0v) is 39.1. The van der Waals surface area contributed by atoms with Gasteiger partial charge in [0.1, 0.15) is 0 Å².